The molecular formula is C24H33N5O. The summed E-state index contributed by atoms with van der Waals surface area (Å²) >= 11 is 0. The van der Waals surface area contributed by atoms with E-state index in [1.807, 2.05) is 12.1 Å². The minimum Gasteiger partial charge on any atom is -0.355 e. The van der Waals surface area contributed by atoms with Crippen LogP contribution in [0.2, 0.25) is 0 Å². The molecule has 3 heterocycles. The van der Waals surface area contributed by atoms with E-state index in [0.29, 0.717) is 6.54 Å². The molecule has 0 unspecified atom stereocenters. The lowest BCUT2D eigenvalue weighted by atomic mass is 9.97. The van der Waals surface area contributed by atoms with Crippen LogP contribution in [0.15, 0.2) is 36.4 Å². The second-order valence-electron chi connectivity index (χ2n) is 8.62. The van der Waals surface area contributed by atoms with Gasteiger partial charge in [-0.1, -0.05) is 36.2 Å². The van der Waals surface area contributed by atoms with E-state index in [0.717, 1.165) is 49.6 Å². The van der Waals surface area contributed by atoms with Gasteiger partial charge in [-0.25, -0.2) is 0 Å². The van der Waals surface area contributed by atoms with Gasteiger partial charge in [-0.05, 0) is 57.8 Å². The standard InChI is InChI=1S/C24H33N5O/c1-19-7-9-20(10-8-19)22-11-12-23(27-26-22)29-16-5-6-21(18-29)24(30)25-13-17-28-14-3-2-4-15-28/h7-12,21H,2-6,13-18H2,1H3,(H,25,30)/t21-/m0/s1. The number of nitrogens with one attached hydrogen (secondary N) is 1. The topological polar surface area (TPSA) is 61.4 Å². The monoisotopic (exact) mass is 407 g/mol. The fraction of sp³-hybridized carbons (Fsp3) is 0.542. The van der Waals surface area contributed by atoms with Crippen LogP contribution in [0.1, 0.15) is 37.7 Å². The Morgan fingerprint density at radius 2 is 1.80 bits per heavy atom. The Morgan fingerprint density at radius 1 is 1.00 bits per heavy atom. The first-order valence-electron chi connectivity index (χ1n) is 11.3. The maximum Gasteiger partial charge on any atom is 0.224 e. The zero-order valence-corrected chi connectivity index (χ0v) is 18.0. The molecule has 0 aliphatic carbocycles. The largest absolute Gasteiger partial charge is 0.355 e. The Labute approximate surface area is 179 Å². The van der Waals surface area contributed by atoms with Crippen molar-refractivity contribution in [2.75, 3.05) is 44.2 Å². The van der Waals surface area contributed by atoms with Crippen molar-refractivity contribution in [3.63, 3.8) is 0 Å². The number of anilines is 1. The number of carbonyl (C=O) groups excluding carboxylic acids is 1. The zero-order chi connectivity index (χ0) is 20.8. The Balaban J connectivity index is 1.29. The van der Waals surface area contributed by atoms with Gasteiger partial charge in [0, 0.05) is 31.7 Å². The Kier molecular flexibility index (Phi) is 6.95. The maximum atomic E-state index is 12.7. The van der Waals surface area contributed by atoms with Gasteiger partial charge >= 0.3 is 0 Å². The van der Waals surface area contributed by atoms with Crippen LogP contribution >= 0.6 is 0 Å². The molecule has 1 atom stereocenters. The van der Waals surface area contributed by atoms with Crippen LogP contribution in [0.25, 0.3) is 11.3 Å². The van der Waals surface area contributed by atoms with Gasteiger partial charge in [0.25, 0.3) is 0 Å². The first kappa shape index (κ1) is 20.8. The van der Waals surface area contributed by atoms with Crippen molar-refractivity contribution in [3.8, 4) is 11.3 Å². The molecule has 2 saturated heterocycles. The number of hydrogen-bond acceptors (Lipinski definition) is 5. The van der Waals surface area contributed by atoms with Gasteiger partial charge in [-0.15, -0.1) is 10.2 Å². The number of rotatable bonds is 6. The van der Waals surface area contributed by atoms with Gasteiger partial charge in [-0.2, -0.15) is 0 Å². The van der Waals surface area contributed by atoms with Crippen LogP contribution in [-0.4, -0.2) is 60.3 Å². The molecule has 0 saturated carbocycles. The van der Waals surface area contributed by atoms with Gasteiger partial charge in [0.2, 0.25) is 5.91 Å². The third-order valence-electron chi connectivity index (χ3n) is 6.29. The third-order valence-corrected chi connectivity index (χ3v) is 6.29. The first-order valence-corrected chi connectivity index (χ1v) is 11.3. The van der Waals surface area contributed by atoms with Crippen LogP contribution in [0, 0.1) is 12.8 Å². The average molecular weight is 408 g/mol. The van der Waals surface area contributed by atoms with E-state index in [-0.39, 0.29) is 11.8 Å². The number of benzene rings is 1. The summed E-state index contributed by atoms with van der Waals surface area (Å²) in [6.07, 6.45) is 5.87. The summed E-state index contributed by atoms with van der Waals surface area (Å²) in [7, 11) is 0. The van der Waals surface area contributed by atoms with Crippen molar-refractivity contribution >= 4 is 11.7 Å². The number of hydrogen-bond donors (Lipinski definition) is 1. The molecule has 4 rings (SSSR count). The average Bonchev–Trinajstić information content (AvgIpc) is 2.80. The van der Waals surface area contributed by atoms with Crippen LogP contribution in [0.4, 0.5) is 5.82 Å². The van der Waals surface area contributed by atoms with E-state index in [1.54, 1.807) is 0 Å². The number of carbonyl (C=O) groups is 1. The lowest BCUT2D eigenvalue weighted by molar-refractivity contribution is -0.125. The summed E-state index contributed by atoms with van der Waals surface area (Å²) in [4.78, 5) is 17.4. The summed E-state index contributed by atoms with van der Waals surface area (Å²) in [6.45, 7) is 7.78. The van der Waals surface area contributed by atoms with Gasteiger partial charge in [0.1, 0.15) is 0 Å². The lowest BCUT2D eigenvalue weighted by Gasteiger charge is -2.33. The van der Waals surface area contributed by atoms with Crippen molar-refractivity contribution in [1.82, 2.24) is 20.4 Å². The van der Waals surface area contributed by atoms with E-state index in [2.05, 4.69) is 56.5 Å². The lowest BCUT2D eigenvalue weighted by Crippen LogP contribution is -2.45. The second kappa shape index (κ2) is 10.0. The predicted molar refractivity (Wildman–Crippen MR) is 120 cm³/mol. The molecule has 0 radical (unpaired) electrons. The summed E-state index contributed by atoms with van der Waals surface area (Å²) < 4.78 is 0. The van der Waals surface area contributed by atoms with E-state index in [4.69, 9.17) is 0 Å². The summed E-state index contributed by atoms with van der Waals surface area (Å²) in [5.41, 5.74) is 3.18. The summed E-state index contributed by atoms with van der Waals surface area (Å²) in [5.74, 6) is 1.07. The molecule has 2 fully saturated rings. The molecule has 0 bridgehead atoms. The fourth-order valence-corrected chi connectivity index (χ4v) is 4.44. The Hall–Kier alpha value is -2.47. The minimum atomic E-state index is 0.0266. The molecule has 6 heteroatoms. The molecule has 2 aliphatic rings. The normalized spacial score (nSPS) is 20.2. The molecule has 2 aromatic rings. The van der Waals surface area contributed by atoms with Crippen molar-refractivity contribution in [1.29, 1.82) is 0 Å². The number of nitrogens with zero attached hydrogens (tertiary/aromatic N) is 4. The van der Waals surface area contributed by atoms with Gasteiger partial charge in [-0.3, -0.25) is 4.79 Å². The number of amides is 1. The van der Waals surface area contributed by atoms with Crippen molar-refractivity contribution < 1.29 is 4.79 Å². The second-order valence-corrected chi connectivity index (χ2v) is 8.62. The van der Waals surface area contributed by atoms with E-state index < -0.39 is 0 Å². The molecule has 1 aromatic carbocycles. The van der Waals surface area contributed by atoms with Crippen LogP contribution < -0.4 is 10.2 Å². The molecular weight excluding hydrogens is 374 g/mol. The van der Waals surface area contributed by atoms with Crippen LogP contribution in [0.5, 0.6) is 0 Å². The predicted octanol–water partition coefficient (Wildman–Crippen LogP) is 3.27. The highest BCUT2D eigenvalue weighted by molar-refractivity contribution is 5.79. The smallest absolute Gasteiger partial charge is 0.224 e. The molecule has 1 aromatic heterocycles. The number of piperidine rings is 2. The van der Waals surface area contributed by atoms with Gasteiger partial charge in [0.15, 0.2) is 5.82 Å². The zero-order valence-electron chi connectivity index (χ0n) is 18.0. The first-order chi connectivity index (χ1) is 14.7. The molecule has 2 aliphatic heterocycles. The van der Waals surface area contributed by atoms with Crippen molar-refractivity contribution in [2.24, 2.45) is 5.92 Å². The third kappa shape index (κ3) is 5.36. The molecule has 1 N–H and O–H groups in total. The van der Waals surface area contributed by atoms with Crippen molar-refractivity contribution in [2.45, 2.75) is 39.0 Å². The van der Waals surface area contributed by atoms with Crippen LogP contribution in [-0.2, 0) is 4.79 Å². The van der Waals surface area contributed by atoms with Crippen molar-refractivity contribution in [3.05, 3.63) is 42.0 Å². The Morgan fingerprint density at radius 3 is 2.53 bits per heavy atom. The van der Waals surface area contributed by atoms with Gasteiger partial charge < -0.3 is 15.1 Å². The SMILES string of the molecule is Cc1ccc(-c2ccc(N3CCC[C@H](C(=O)NCCN4CCCCC4)C3)nn2)cc1. The minimum absolute atomic E-state index is 0.0266. The molecule has 1 amide bonds. The number of aromatic nitrogens is 2. The number of aryl methyl sites for hydroxylation is 1. The molecule has 0 spiro atoms. The highest BCUT2D eigenvalue weighted by Crippen LogP contribution is 2.23. The molecule has 160 valence electrons. The molecule has 6 nitrogen and oxygen atoms in total. The number of likely N-dealkylation sites (tertiary alicyclic amines) is 1. The van der Waals surface area contributed by atoms with Gasteiger partial charge in [0.05, 0.1) is 11.6 Å². The van der Waals surface area contributed by atoms with E-state index in [9.17, 15) is 4.79 Å². The summed E-state index contributed by atoms with van der Waals surface area (Å²) in [5, 5.41) is 12.0. The highest BCUT2D eigenvalue weighted by Gasteiger charge is 2.26. The molecule has 30 heavy (non-hydrogen) atoms. The quantitative estimate of drug-likeness (QED) is 0.796. The fourth-order valence-electron chi connectivity index (χ4n) is 4.44. The van der Waals surface area contributed by atoms with Crippen LogP contribution in [0.3, 0.4) is 0 Å². The maximum absolute atomic E-state index is 12.7. The summed E-state index contributed by atoms with van der Waals surface area (Å²) in [6, 6.07) is 12.4. The van der Waals surface area contributed by atoms with E-state index in [1.165, 1.54) is 37.9 Å². The van der Waals surface area contributed by atoms with E-state index >= 15 is 0 Å². The highest BCUT2D eigenvalue weighted by atomic mass is 16.1. The Bertz CT molecular complexity index is 814.